The number of hydrogen-bond donors (Lipinski definition) is 1. The molecule has 96 valence electrons. The van der Waals surface area contributed by atoms with Crippen molar-refractivity contribution in [1.82, 2.24) is 4.90 Å². The molecule has 0 aliphatic carbocycles. The molecule has 0 bridgehead atoms. The largest absolute Gasteiger partial charge is 0.322 e. The average Bonchev–Trinajstić information content (AvgIpc) is 2.81. The number of rotatable bonds is 5. The van der Waals surface area contributed by atoms with Gasteiger partial charge in [0.15, 0.2) is 0 Å². The Morgan fingerprint density at radius 3 is 2.83 bits per heavy atom. The summed E-state index contributed by atoms with van der Waals surface area (Å²) in [5.41, 5.74) is 7.38. The van der Waals surface area contributed by atoms with Gasteiger partial charge in [0, 0.05) is 23.0 Å². The molecule has 2 N–H and O–H groups in total. The van der Waals surface area contributed by atoms with Crippen molar-refractivity contribution in [2.45, 2.75) is 12.6 Å². The van der Waals surface area contributed by atoms with Crippen molar-refractivity contribution >= 4 is 22.9 Å². The van der Waals surface area contributed by atoms with E-state index in [1.165, 1.54) is 10.4 Å². The zero-order chi connectivity index (χ0) is 13.0. The molecule has 0 aliphatic rings. The zero-order valence-corrected chi connectivity index (χ0v) is 11.9. The number of nitrogens with two attached hydrogens (primary N) is 1. The van der Waals surface area contributed by atoms with E-state index in [-0.39, 0.29) is 6.04 Å². The molecule has 1 heterocycles. The van der Waals surface area contributed by atoms with Gasteiger partial charge < -0.3 is 10.6 Å². The molecule has 0 amide bonds. The molecule has 18 heavy (non-hydrogen) atoms. The second-order valence-electron chi connectivity index (χ2n) is 4.45. The molecule has 2 rings (SSSR count). The van der Waals surface area contributed by atoms with E-state index >= 15 is 0 Å². The van der Waals surface area contributed by atoms with Crippen LogP contribution in [0.5, 0.6) is 0 Å². The summed E-state index contributed by atoms with van der Waals surface area (Å²) >= 11 is 7.68. The van der Waals surface area contributed by atoms with E-state index in [4.69, 9.17) is 17.3 Å². The summed E-state index contributed by atoms with van der Waals surface area (Å²) < 4.78 is 0. The van der Waals surface area contributed by atoms with Crippen molar-refractivity contribution in [3.8, 4) is 0 Å². The predicted octanol–water partition coefficient (Wildman–Crippen LogP) is 3.53. The van der Waals surface area contributed by atoms with Gasteiger partial charge in [-0.1, -0.05) is 29.8 Å². The van der Waals surface area contributed by atoms with Crippen molar-refractivity contribution in [3.63, 3.8) is 0 Å². The molecule has 1 aromatic heterocycles. The Balaban J connectivity index is 1.91. The topological polar surface area (TPSA) is 29.3 Å². The van der Waals surface area contributed by atoms with Gasteiger partial charge in [0.05, 0.1) is 6.04 Å². The van der Waals surface area contributed by atoms with Crippen LogP contribution in [-0.2, 0) is 6.54 Å². The summed E-state index contributed by atoms with van der Waals surface area (Å²) in [6, 6.07) is 12.1. The van der Waals surface area contributed by atoms with Gasteiger partial charge in [0.2, 0.25) is 0 Å². The standard InChI is InChI=1S/C14H17ClN2S/c1-17(9-11-4-2-5-12(15)8-11)10-13(16)14-6-3-7-18-14/h2-8,13H,9-10,16H2,1H3. The first-order valence-electron chi connectivity index (χ1n) is 5.87. The molecule has 0 fully saturated rings. The minimum absolute atomic E-state index is 0.0779. The number of hydrogen-bond acceptors (Lipinski definition) is 3. The van der Waals surface area contributed by atoms with Crippen LogP contribution in [-0.4, -0.2) is 18.5 Å². The maximum absolute atomic E-state index is 6.17. The Hall–Kier alpha value is -0.870. The maximum Gasteiger partial charge on any atom is 0.0519 e. The molecule has 4 heteroatoms. The fraction of sp³-hybridized carbons (Fsp3) is 0.286. The highest BCUT2D eigenvalue weighted by Gasteiger charge is 2.10. The van der Waals surface area contributed by atoms with Crippen LogP contribution < -0.4 is 5.73 Å². The molecule has 0 aliphatic heterocycles. The van der Waals surface area contributed by atoms with Gasteiger partial charge in [-0.2, -0.15) is 0 Å². The van der Waals surface area contributed by atoms with Crippen LogP contribution in [0.1, 0.15) is 16.5 Å². The van der Waals surface area contributed by atoms with Gasteiger partial charge in [-0.3, -0.25) is 0 Å². The maximum atomic E-state index is 6.17. The van der Waals surface area contributed by atoms with Gasteiger partial charge in [0.25, 0.3) is 0 Å². The van der Waals surface area contributed by atoms with Crippen molar-refractivity contribution in [1.29, 1.82) is 0 Å². The molecule has 0 spiro atoms. The third-order valence-corrected chi connectivity index (χ3v) is 4.00. The van der Waals surface area contributed by atoms with Gasteiger partial charge in [-0.15, -0.1) is 11.3 Å². The summed E-state index contributed by atoms with van der Waals surface area (Å²) in [7, 11) is 2.08. The van der Waals surface area contributed by atoms with Crippen LogP contribution in [0.2, 0.25) is 5.02 Å². The highest BCUT2D eigenvalue weighted by Crippen LogP contribution is 2.18. The minimum atomic E-state index is 0.0779. The normalized spacial score (nSPS) is 12.9. The molecule has 0 saturated heterocycles. The first-order valence-corrected chi connectivity index (χ1v) is 7.13. The first kappa shape index (κ1) is 13.6. The SMILES string of the molecule is CN(Cc1cccc(Cl)c1)CC(N)c1cccs1. The first-order chi connectivity index (χ1) is 8.65. The second-order valence-corrected chi connectivity index (χ2v) is 5.86. The second kappa shape index (κ2) is 6.34. The molecule has 2 aromatic rings. The minimum Gasteiger partial charge on any atom is -0.322 e. The fourth-order valence-electron chi connectivity index (χ4n) is 1.94. The van der Waals surface area contributed by atoms with Gasteiger partial charge in [0.1, 0.15) is 0 Å². The van der Waals surface area contributed by atoms with Crippen LogP contribution in [0.25, 0.3) is 0 Å². The average molecular weight is 281 g/mol. The number of thiophene rings is 1. The fourth-order valence-corrected chi connectivity index (χ4v) is 2.87. The van der Waals surface area contributed by atoms with E-state index in [2.05, 4.69) is 29.5 Å². The third kappa shape index (κ3) is 3.82. The molecule has 1 unspecified atom stereocenters. The Morgan fingerprint density at radius 1 is 1.33 bits per heavy atom. The number of benzene rings is 1. The van der Waals surface area contributed by atoms with Crippen molar-refractivity contribution in [2.24, 2.45) is 5.73 Å². The van der Waals surface area contributed by atoms with Crippen LogP contribution in [0, 0.1) is 0 Å². The lowest BCUT2D eigenvalue weighted by molar-refractivity contribution is 0.306. The molecule has 0 saturated carbocycles. The number of halogens is 1. The Labute approximate surface area is 117 Å². The van der Waals surface area contributed by atoms with Crippen molar-refractivity contribution in [2.75, 3.05) is 13.6 Å². The van der Waals surface area contributed by atoms with E-state index in [1.54, 1.807) is 11.3 Å². The van der Waals surface area contributed by atoms with E-state index in [0.29, 0.717) is 0 Å². The Morgan fingerprint density at radius 2 is 2.17 bits per heavy atom. The highest BCUT2D eigenvalue weighted by atomic mass is 35.5. The molecular formula is C14H17ClN2S. The van der Waals surface area contributed by atoms with Crippen LogP contribution >= 0.6 is 22.9 Å². The Bertz CT molecular complexity index is 484. The zero-order valence-electron chi connectivity index (χ0n) is 10.3. The molecule has 2 nitrogen and oxygen atoms in total. The van der Waals surface area contributed by atoms with Crippen LogP contribution in [0.3, 0.4) is 0 Å². The third-order valence-electron chi connectivity index (χ3n) is 2.76. The molecule has 1 aromatic carbocycles. The summed E-state index contributed by atoms with van der Waals surface area (Å²) in [5.74, 6) is 0. The van der Waals surface area contributed by atoms with Crippen molar-refractivity contribution in [3.05, 3.63) is 57.2 Å². The Kier molecular flexibility index (Phi) is 4.78. The van der Waals surface area contributed by atoms with Gasteiger partial charge in [-0.25, -0.2) is 0 Å². The summed E-state index contributed by atoms with van der Waals surface area (Å²) in [6.45, 7) is 1.70. The summed E-state index contributed by atoms with van der Waals surface area (Å²) in [5, 5.41) is 2.84. The molecular weight excluding hydrogens is 264 g/mol. The predicted molar refractivity (Wildman–Crippen MR) is 79.0 cm³/mol. The smallest absolute Gasteiger partial charge is 0.0519 e. The summed E-state index contributed by atoms with van der Waals surface area (Å²) in [4.78, 5) is 3.45. The van der Waals surface area contributed by atoms with Crippen LogP contribution in [0.4, 0.5) is 0 Å². The van der Waals surface area contributed by atoms with E-state index in [9.17, 15) is 0 Å². The van der Waals surface area contributed by atoms with E-state index < -0.39 is 0 Å². The van der Waals surface area contributed by atoms with Gasteiger partial charge in [-0.05, 0) is 36.2 Å². The van der Waals surface area contributed by atoms with Crippen LogP contribution in [0.15, 0.2) is 41.8 Å². The van der Waals surface area contributed by atoms with Crippen molar-refractivity contribution < 1.29 is 0 Å². The van der Waals surface area contributed by atoms with E-state index in [1.807, 2.05) is 24.3 Å². The highest BCUT2D eigenvalue weighted by molar-refractivity contribution is 7.10. The lowest BCUT2D eigenvalue weighted by atomic mass is 10.2. The lowest BCUT2D eigenvalue weighted by Gasteiger charge is -2.20. The van der Waals surface area contributed by atoms with E-state index in [0.717, 1.165) is 18.1 Å². The van der Waals surface area contributed by atoms with Gasteiger partial charge >= 0.3 is 0 Å². The number of likely N-dealkylation sites (N-methyl/N-ethyl adjacent to an activating group) is 1. The monoisotopic (exact) mass is 280 g/mol. The molecule has 1 atom stereocenters. The summed E-state index contributed by atoms with van der Waals surface area (Å²) in [6.07, 6.45) is 0. The quantitative estimate of drug-likeness (QED) is 0.908. The molecule has 0 radical (unpaired) electrons. The lowest BCUT2D eigenvalue weighted by Crippen LogP contribution is -2.28. The number of nitrogens with zero attached hydrogens (tertiary/aromatic N) is 1.